The van der Waals surface area contributed by atoms with Crippen molar-refractivity contribution in [1.29, 1.82) is 0 Å². The summed E-state index contributed by atoms with van der Waals surface area (Å²) in [6, 6.07) is 10.7. The van der Waals surface area contributed by atoms with Crippen molar-refractivity contribution in [2.75, 3.05) is 13.2 Å². The fourth-order valence-electron chi connectivity index (χ4n) is 2.42. The van der Waals surface area contributed by atoms with Crippen molar-refractivity contribution < 1.29 is 13.9 Å². The molecule has 0 bridgehead atoms. The maximum Gasteiger partial charge on any atom is 0.145 e. The van der Waals surface area contributed by atoms with E-state index in [1.54, 1.807) is 30.3 Å². The lowest BCUT2D eigenvalue weighted by Gasteiger charge is -2.31. The summed E-state index contributed by atoms with van der Waals surface area (Å²) >= 11 is 5.76. The SMILES string of the molecule is NCC(CO)(Cc1cccc(Cl)c1F)c1ccccc1F. The molecule has 3 N–H and O–H groups in total. The van der Waals surface area contributed by atoms with Gasteiger partial charge in [-0.15, -0.1) is 0 Å². The van der Waals surface area contributed by atoms with E-state index < -0.39 is 23.7 Å². The molecule has 0 aliphatic rings. The number of halogens is 3. The standard InChI is InChI=1S/C16H16ClF2NO/c17-13-6-3-4-11(15(13)19)8-16(9-20,10-21)12-5-1-2-7-14(12)18/h1-7,21H,8-10,20H2. The average Bonchev–Trinajstić information content (AvgIpc) is 2.50. The molecule has 0 amide bonds. The summed E-state index contributed by atoms with van der Waals surface area (Å²) < 4.78 is 28.1. The molecule has 21 heavy (non-hydrogen) atoms. The number of rotatable bonds is 5. The number of nitrogens with two attached hydrogens (primary N) is 1. The van der Waals surface area contributed by atoms with E-state index in [-0.39, 0.29) is 23.6 Å². The Morgan fingerprint density at radius 1 is 1.10 bits per heavy atom. The summed E-state index contributed by atoms with van der Waals surface area (Å²) in [7, 11) is 0. The van der Waals surface area contributed by atoms with Crippen molar-refractivity contribution >= 4 is 11.6 Å². The Balaban J connectivity index is 2.49. The van der Waals surface area contributed by atoms with E-state index in [1.165, 1.54) is 12.1 Å². The molecule has 2 nitrogen and oxygen atoms in total. The predicted molar refractivity (Wildman–Crippen MR) is 79.3 cm³/mol. The third-order valence-corrected chi connectivity index (χ3v) is 3.99. The molecule has 0 saturated heterocycles. The van der Waals surface area contributed by atoms with Crippen LogP contribution in [0.1, 0.15) is 11.1 Å². The highest BCUT2D eigenvalue weighted by molar-refractivity contribution is 6.30. The molecule has 112 valence electrons. The minimum absolute atomic E-state index is 0.00936. The van der Waals surface area contributed by atoms with E-state index in [0.717, 1.165) is 0 Å². The third-order valence-electron chi connectivity index (χ3n) is 3.70. The van der Waals surface area contributed by atoms with Crippen molar-refractivity contribution in [3.8, 4) is 0 Å². The van der Waals surface area contributed by atoms with Gasteiger partial charge in [-0.3, -0.25) is 0 Å². The zero-order chi connectivity index (χ0) is 15.5. The van der Waals surface area contributed by atoms with Crippen molar-refractivity contribution in [3.63, 3.8) is 0 Å². The largest absolute Gasteiger partial charge is 0.395 e. The second-order valence-corrected chi connectivity index (χ2v) is 5.42. The number of aliphatic hydroxyl groups is 1. The minimum atomic E-state index is -1.09. The van der Waals surface area contributed by atoms with Gasteiger partial charge >= 0.3 is 0 Å². The number of aliphatic hydroxyl groups excluding tert-OH is 1. The van der Waals surface area contributed by atoms with Crippen LogP contribution in [0, 0.1) is 11.6 Å². The quantitative estimate of drug-likeness (QED) is 0.891. The second-order valence-electron chi connectivity index (χ2n) is 5.01. The van der Waals surface area contributed by atoms with Crippen LogP contribution in [-0.4, -0.2) is 18.3 Å². The van der Waals surface area contributed by atoms with Gasteiger partial charge in [0.2, 0.25) is 0 Å². The molecule has 2 rings (SSSR count). The first-order valence-corrected chi connectivity index (χ1v) is 6.90. The molecule has 1 unspecified atom stereocenters. The Hall–Kier alpha value is -1.49. The van der Waals surface area contributed by atoms with Gasteiger partial charge in [0, 0.05) is 12.0 Å². The van der Waals surface area contributed by atoms with Crippen LogP contribution < -0.4 is 5.73 Å². The first kappa shape index (κ1) is 15.9. The van der Waals surface area contributed by atoms with E-state index in [2.05, 4.69) is 0 Å². The highest BCUT2D eigenvalue weighted by Gasteiger charge is 2.34. The van der Waals surface area contributed by atoms with Crippen molar-refractivity contribution in [2.24, 2.45) is 5.73 Å². The average molecular weight is 312 g/mol. The lowest BCUT2D eigenvalue weighted by Crippen LogP contribution is -2.42. The lowest BCUT2D eigenvalue weighted by molar-refractivity contribution is 0.191. The minimum Gasteiger partial charge on any atom is -0.395 e. The topological polar surface area (TPSA) is 46.2 Å². The molecular formula is C16H16ClF2NO. The number of hydrogen-bond acceptors (Lipinski definition) is 2. The van der Waals surface area contributed by atoms with Crippen LogP contribution in [0.5, 0.6) is 0 Å². The molecule has 0 radical (unpaired) electrons. The zero-order valence-electron chi connectivity index (χ0n) is 11.3. The summed E-state index contributed by atoms with van der Waals surface area (Å²) in [5, 5.41) is 9.76. The monoisotopic (exact) mass is 311 g/mol. The molecule has 2 aromatic rings. The van der Waals surface area contributed by atoms with Crippen LogP contribution in [0.25, 0.3) is 0 Å². The summed E-state index contributed by atoms with van der Waals surface area (Å²) in [4.78, 5) is 0. The zero-order valence-corrected chi connectivity index (χ0v) is 12.1. The molecule has 0 heterocycles. The van der Waals surface area contributed by atoms with E-state index >= 15 is 0 Å². The van der Waals surface area contributed by atoms with Gasteiger partial charge < -0.3 is 10.8 Å². The Labute approximate surface area is 127 Å². The molecule has 0 aromatic heterocycles. The summed E-state index contributed by atoms with van der Waals surface area (Å²) in [5.74, 6) is -1.04. The van der Waals surface area contributed by atoms with E-state index in [1.807, 2.05) is 0 Å². The Kier molecular flexibility index (Phi) is 4.93. The molecule has 5 heteroatoms. The highest BCUT2D eigenvalue weighted by atomic mass is 35.5. The molecule has 2 aromatic carbocycles. The number of benzene rings is 2. The fraction of sp³-hybridized carbons (Fsp3) is 0.250. The smallest absolute Gasteiger partial charge is 0.145 e. The van der Waals surface area contributed by atoms with Crippen molar-refractivity contribution in [3.05, 3.63) is 70.2 Å². The van der Waals surface area contributed by atoms with Crippen LogP contribution in [-0.2, 0) is 11.8 Å². The molecule has 0 saturated carbocycles. The van der Waals surface area contributed by atoms with Gasteiger partial charge in [-0.1, -0.05) is 41.9 Å². The first-order chi connectivity index (χ1) is 10.0. The molecule has 0 aliphatic carbocycles. The Morgan fingerprint density at radius 3 is 2.43 bits per heavy atom. The lowest BCUT2D eigenvalue weighted by atomic mass is 9.76. The van der Waals surface area contributed by atoms with E-state index in [0.29, 0.717) is 5.56 Å². The van der Waals surface area contributed by atoms with Crippen LogP contribution >= 0.6 is 11.6 Å². The van der Waals surface area contributed by atoms with Gasteiger partial charge in [0.15, 0.2) is 0 Å². The maximum absolute atomic E-state index is 14.1. The first-order valence-electron chi connectivity index (χ1n) is 6.53. The van der Waals surface area contributed by atoms with Crippen LogP contribution in [0.15, 0.2) is 42.5 Å². The summed E-state index contributed by atoms with van der Waals surface area (Å²) in [6.45, 7) is -0.410. The number of hydrogen-bond donors (Lipinski definition) is 2. The van der Waals surface area contributed by atoms with Crippen LogP contribution in [0.2, 0.25) is 5.02 Å². The third kappa shape index (κ3) is 3.07. The van der Waals surface area contributed by atoms with Gasteiger partial charge in [0.05, 0.1) is 11.6 Å². The van der Waals surface area contributed by atoms with Crippen LogP contribution in [0.4, 0.5) is 8.78 Å². The highest BCUT2D eigenvalue weighted by Crippen LogP contribution is 2.31. The maximum atomic E-state index is 14.1. The summed E-state index contributed by atoms with van der Waals surface area (Å²) in [5.41, 5.74) is 5.26. The molecule has 0 fully saturated rings. The Morgan fingerprint density at radius 2 is 1.81 bits per heavy atom. The predicted octanol–water partition coefficient (Wildman–Crippen LogP) is 3.05. The van der Waals surface area contributed by atoms with E-state index in [4.69, 9.17) is 17.3 Å². The Bertz CT molecular complexity index is 629. The van der Waals surface area contributed by atoms with Gasteiger partial charge in [0.1, 0.15) is 11.6 Å². The van der Waals surface area contributed by atoms with Gasteiger partial charge in [-0.05, 0) is 29.7 Å². The normalized spacial score (nSPS) is 14.0. The molecule has 0 spiro atoms. The van der Waals surface area contributed by atoms with Gasteiger partial charge in [0.25, 0.3) is 0 Å². The van der Waals surface area contributed by atoms with Crippen molar-refractivity contribution in [2.45, 2.75) is 11.8 Å². The second kappa shape index (κ2) is 6.52. The molecule has 0 aliphatic heterocycles. The fourth-order valence-corrected chi connectivity index (χ4v) is 2.62. The van der Waals surface area contributed by atoms with Crippen molar-refractivity contribution in [1.82, 2.24) is 0 Å². The van der Waals surface area contributed by atoms with Crippen LogP contribution in [0.3, 0.4) is 0 Å². The van der Waals surface area contributed by atoms with Gasteiger partial charge in [-0.2, -0.15) is 0 Å². The van der Waals surface area contributed by atoms with Gasteiger partial charge in [-0.25, -0.2) is 8.78 Å². The molecule has 1 atom stereocenters. The molecular weight excluding hydrogens is 296 g/mol. The summed E-state index contributed by atoms with van der Waals surface area (Å²) in [6.07, 6.45) is 0.0628. The van der Waals surface area contributed by atoms with E-state index in [9.17, 15) is 13.9 Å².